The van der Waals surface area contributed by atoms with E-state index in [1.807, 2.05) is 79.7 Å². The largest absolute Gasteiger partial charge is 0.497 e. The van der Waals surface area contributed by atoms with Gasteiger partial charge in [-0.3, -0.25) is 0 Å². The standard InChI is InChI=1S/C28H24N2O4/c1-4-33-24-11-5-19(6-12-24)18-30-28-25(17-29)26(20-7-13-22(31-2)14-8-20)27(34-28)21-9-15-23(32-3)16-10-21/h5-16,18H,4H2,1-3H3. The van der Waals surface area contributed by atoms with E-state index in [0.717, 1.165) is 33.9 Å². The van der Waals surface area contributed by atoms with Crippen LogP contribution in [0.2, 0.25) is 0 Å². The summed E-state index contributed by atoms with van der Waals surface area (Å²) in [6, 6.07) is 24.8. The van der Waals surface area contributed by atoms with E-state index in [-0.39, 0.29) is 5.88 Å². The highest BCUT2D eigenvalue weighted by Crippen LogP contribution is 2.43. The van der Waals surface area contributed by atoms with Crippen molar-refractivity contribution in [3.8, 4) is 45.8 Å². The summed E-state index contributed by atoms with van der Waals surface area (Å²) in [6.45, 7) is 2.55. The number of benzene rings is 3. The summed E-state index contributed by atoms with van der Waals surface area (Å²) < 4.78 is 22.2. The Balaban J connectivity index is 1.80. The van der Waals surface area contributed by atoms with Crippen molar-refractivity contribution in [2.45, 2.75) is 6.92 Å². The molecule has 0 aliphatic rings. The van der Waals surface area contributed by atoms with Crippen molar-refractivity contribution in [3.05, 3.63) is 83.9 Å². The van der Waals surface area contributed by atoms with Crippen LogP contribution < -0.4 is 14.2 Å². The Morgan fingerprint density at radius 3 is 1.91 bits per heavy atom. The van der Waals surface area contributed by atoms with E-state index in [9.17, 15) is 5.26 Å². The van der Waals surface area contributed by atoms with Crippen molar-refractivity contribution in [1.29, 1.82) is 5.26 Å². The molecule has 0 spiro atoms. The fraction of sp³-hybridized carbons (Fsp3) is 0.143. The van der Waals surface area contributed by atoms with Gasteiger partial charge in [-0.05, 0) is 78.7 Å². The highest BCUT2D eigenvalue weighted by Gasteiger charge is 2.23. The number of nitriles is 1. The zero-order valence-electron chi connectivity index (χ0n) is 19.2. The van der Waals surface area contributed by atoms with Crippen LogP contribution in [0.25, 0.3) is 22.5 Å². The molecule has 34 heavy (non-hydrogen) atoms. The molecule has 0 aliphatic heterocycles. The predicted octanol–water partition coefficient (Wildman–Crippen LogP) is 6.65. The molecule has 0 saturated carbocycles. The molecular formula is C28H24N2O4. The summed E-state index contributed by atoms with van der Waals surface area (Å²) in [4.78, 5) is 4.52. The first-order valence-corrected chi connectivity index (χ1v) is 10.8. The third kappa shape index (κ3) is 4.79. The van der Waals surface area contributed by atoms with Crippen molar-refractivity contribution in [3.63, 3.8) is 0 Å². The van der Waals surface area contributed by atoms with Gasteiger partial charge in [0.05, 0.1) is 20.8 Å². The summed E-state index contributed by atoms with van der Waals surface area (Å²) in [5, 5.41) is 10.1. The van der Waals surface area contributed by atoms with Crippen molar-refractivity contribution in [2.24, 2.45) is 4.99 Å². The van der Waals surface area contributed by atoms with Crippen molar-refractivity contribution < 1.29 is 18.6 Å². The summed E-state index contributed by atoms with van der Waals surface area (Å²) in [7, 11) is 3.23. The van der Waals surface area contributed by atoms with Gasteiger partial charge in [-0.15, -0.1) is 0 Å². The molecule has 0 bridgehead atoms. The van der Waals surface area contributed by atoms with E-state index in [2.05, 4.69) is 11.1 Å². The first-order chi connectivity index (χ1) is 16.7. The number of hydrogen-bond donors (Lipinski definition) is 0. The molecule has 170 valence electrons. The number of hydrogen-bond acceptors (Lipinski definition) is 6. The van der Waals surface area contributed by atoms with Crippen LogP contribution in [0.5, 0.6) is 17.2 Å². The molecular weight excluding hydrogens is 428 g/mol. The number of furan rings is 1. The van der Waals surface area contributed by atoms with Gasteiger partial charge < -0.3 is 18.6 Å². The third-order valence-corrected chi connectivity index (χ3v) is 5.25. The van der Waals surface area contributed by atoms with Gasteiger partial charge in [0.1, 0.15) is 34.6 Å². The van der Waals surface area contributed by atoms with Gasteiger partial charge in [0.2, 0.25) is 5.88 Å². The number of methoxy groups -OCH3 is 2. The summed E-state index contributed by atoms with van der Waals surface area (Å²) in [5.74, 6) is 3.05. The zero-order valence-corrected chi connectivity index (χ0v) is 19.2. The Morgan fingerprint density at radius 1 is 0.824 bits per heavy atom. The van der Waals surface area contributed by atoms with E-state index in [1.54, 1.807) is 20.4 Å². The molecule has 3 aromatic carbocycles. The maximum atomic E-state index is 10.1. The lowest BCUT2D eigenvalue weighted by Gasteiger charge is -2.06. The minimum absolute atomic E-state index is 0.244. The molecule has 1 heterocycles. The maximum Gasteiger partial charge on any atom is 0.238 e. The molecule has 0 radical (unpaired) electrons. The van der Waals surface area contributed by atoms with Crippen molar-refractivity contribution in [1.82, 2.24) is 0 Å². The van der Waals surface area contributed by atoms with Gasteiger partial charge in [0.25, 0.3) is 0 Å². The summed E-state index contributed by atoms with van der Waals surface area (Å²) in [6.07, 6.45) is 1.67. The van der Waals surface area contributed by atoms with Crippen LogP contribution in [-0.2, 0) is 0 Å². The maximum absolute atomic E-state index is 10.1. The number of aliphatic imine (C=N–C) groups is 1. The van der Waals surface area contributed by atoms with Crippen LogP contribution in [0.4, 0.5) is 5.88 Å². The minimum Gasteiger partial charge on any atom is -0.497 e. The summed E-state index contributed by atoms with van der Waals surface area (Å²) >= 11 is 0. The number of nitrogens with zero attached hydrogens (tertiary/aromatic N) is 2. The Kier molecular flexibility index (Phi) is 6.95. The normalized spacial score (nSPS) is 10.8. The Morgan fingerprint density at radius 2 is 1.38 bits per heavy atom. The van der Waals surface area contributed by atoms with Crippen molar-refractivity contribution >= 4 is 12.1 Å². The van der Waals surface area contributed by atoms with Gasteiger partial charge in [-0.1, -0.05) is 12.1 Å². The molecule has 4 aromatic rings. The summed E-state index contributed by atoms with van der Waals surface area (Å²) in [5.41, 5.74) is 3.54. The molecule has 0 saturated heterocycles. The monoisotopic (exact) mass is 452 g/mol. The van der Waals surface area contributed by atoms with Crippen LogP contribution in [0.1, 0.15) is 18.1 Å². The molecule has 6 heteroatoms. The second-order valence-corrected chi connectivity index (χ2v) is 7.32. The molecule has 0 fully saturated rings. The lowest BCUT2D eigenvalue weighted by molar-refractivity contribution is 0.340. The smallest absolute Gasteiger partial charge is 0.238 e. The second-order valence-electron chi connectivity index (χ2n) is 7.32. The van der Waals surface area contributed by atoms with Gasteiger partial charge in [-0.25, -0.2) is 4.99 Å². The molecule has 1 aromatic heterocycles. The SMILES string of the molecule is CCOc1ccc(C=Nc2oc(-c3ccc(OC)cc3)c(-c3ccc(OC)cc3)c2C#N)cc1. The van der Waals surface area contributed by atoms with Gasteiger partial charge in [0.15, 0.2) is 0 Å². The van der Waals surface area contributed by atoms with Crippen LogP contribution in [-0.4, -0.2) is 27.0 Å². The molecule has 0 amide bonds. The van der Waals surface area contributed by atoms with Crippen LogP contribution >= 0.6 is 0 Å². The fourth-order valence-corrected chi connectivity index (χ4v) is 3.54. The predicted molar refractivity (Wildman–Crippen MR) is 132 cm³/mol. The Bertz CT molecular complexity index is 1310. The minimum atomic E-state index is 0.244. The Labute approximate surface area is 198 Å². The fourth-order valence-electron chi connectivity index (χ4n) is 3.54. The van der Waals surface area contributed by atoms with Gasteiger partial charge in [-0.2, -0.15) is 5.26 Å². The average Bonchev–Trinajstić information content (AvgIpc) is 3.27. The highest BCUT2D eigenvalue weighted by molar-refractivity contribution is 5.90. The van der Waals surface area contributed by atoms with E-state index in [0.29, 0.717) is 23.5 Å². The molecule has 0 atom stereocenters. The van der Waals surface area contributed by atoms with E-state index in [1.165, 1.54) is 0 Å². The topological polar surface area (TPSA) is 77.0 Å². The Hall–Kier alpha value is -4.50. The number of ether oxygens (including phenoxy) is 3. The van der Waals surface area contributed by atoms with E-state index >= 15 is 0 Å². The second kappa shape index (κ2) is 10.4. The van der Waals surface area contributed by atoms with Gasteiger partial charge >= 0.3 is 0 Å². The van der Waals surface area contributed by atoms with Crippen LogP contribution in [0.3, 0.4) is 0 Å². The molecule has 0 aliphatic carbocycles. The van der Waals surface area contributed by atoms with E-state index < -0.39 is 0 Å². The average molecular weight is 453 g/mol. The molecule has 0 unspecified atom stereocenters. The third-order valence-electron chi connectivity index (χ3n) is 5.25. The first-order valence-electron chi connectivity index (χ1n) is 10.8. The van der Waals surface area contributed by atoms with Gasteiger partial charge in [0, 0.05) is 17.3 Å². The zero-order chi connectivity index (χ0) is 23.9. The van der Waals surface area contributed by atoms with Crippen LogP contribution in [0, 0.1) is 11.3 Å². The van der Waals surface area contributed by atoms with Crippen LogP contribution in [0.15, 0.2) is 82.2 Å². The quantitative estimate of drug-likeness (QED) is 0.280. The lowest BCUT2D eigenvalue weighted by atomic mass is 9.98. The first kappa shape index (κ1) is 22.7. The van der Waals surface area contributed by atoms with E-state index in [4.69, 9.17) is 18.6 Å². The highest BCUT2D eigenvalue weighted by atomic mass is 16.5. The molecule has 0 N–H and O–H groups in total. The molecule has 4 rings (SSSR count). The van der Waals surface area contributed by atoms with Crippen molar-refractivity contribution in [2.75, 3.05) is 20.8 Å². The molecule has 6 nitrogen and oxygen atoms in total. The number of rotatable bonds is 8. The lowest BCUT2D eigenvalue weighted by Crippen LogP contribution is -1.91.